The SMILES string of the molecule is CN(C)Cc1ccccc1-c1ccc(-c2ncc3ncn(-c4cccc(C(N)=O)c4)c3c2O)c(F)c1. The van der Waals surface area contributed by atoms with E-state index in [1.54, 1.807) is 34.9 Å². The maximum Gasteiger partial charge on any atom is 0.248 e. The number of nitrogens with zero attached hydrogens (tertiary/aromatic N) is 4. The number of hydrogen-bond acceptors (Lipinski definition) is 5. The van der Waals surface area contributed by atoms with Gasteiger partial charge < -0.3 is 15.7 Å². The van der Waals surface area contributed by atoms with E-state index in [-0.39, 0.29) is 17.0 Å². The minimum Gasteiger partial charge on any atom is -0.504 e. The highest BCUT2D eigenvalue weighted by Crippen LogP contribution is 2.37. The van der Waals surface area contributed by atoms with Crippen LogP contribution in [0.1, 0.15) is 15.9 Å². The van der Waals surface area contributed by atoms with Crippen LogP contribution in [0.25, 0.3) is 39.1 Å². The highest BCUT2D eigenvalue weighted by atomic mass is 19.1. The third-order valence-electron chi connectivity index (χ3n) is 6.01. The number of fused-ring (bicyclic) bond motifs is 1. The molecule has 3 aromatic carbocycles. The second-order valence-corrected chi connectivity index (χ2v) is 8.81. The number of carbonyl (C=O) groups is 1. The molecule has 2 heterocycles. The molecule has 180 valence electrons. The summed E-state index contributed by atoms with van der Waals surface area (Å²) >= 11 is 0. The molecule has 0 unspecified atom stereocenters. The number of rotatable bonds is 6. The number of aromatic nitrogens is 3. The first-order valence-corrected chi connectivity index (χ1v) is 11.3. The summed E-state index contributed by atoms with van der Waals surface area (Å²) in [4.78, 5) is 22.3. The van der Waals surface area contributed by atoms with Gasteiger partial charge in [0.25, 0.3) is 0 Å². The number of benzene rings is 3. The summed E-state index contributed by atoms with van der Waals surface area (Å²) in [7, 11) is 3.97. The summed E-state index contributed by atoms with van der Waals surface area (Å²) in [6.07, 6.45) is 3.00. The molecule has 0 aliphatic rings. The highest BCUT2D eigenvalue weighted by Gasteiger charge is 2.19. The number of hydrogen-bond donors (Lipinski definition) is 2. The molecule has 36 heavy (non-hydrogen) atoms. The number of nitrogens with two attached hydrogens (primary N) is 1. The van der Waals surface area contributed by atoms with Crippen molar-refractivity contribution >= 4 is 16.9 Å². The molecule has 0 saturated carbocycles. The fraction of sp³-hybridized carbons (Fsp3) is 0.107. The largest absolute Gasteiger partial charge is 0.504 e. The highest BCUT2D eigenvalue weighted by molar-refractivity contribution is 5.94. The molecule has 5 rings (SSSR count). The zero-order chi connectivity index (χ0) is 25.4. The molecular formula is C28H24FN5O2. The molecule has 0 bridgehead atoms. The van der Waals surface area contributed by atoms with Gasteiger partial charge in [-0.3, -0.25) is 9.36 Å². The molecule has 0 fully saturated rings. The number of amides is 1. The van der Waals surface area contributed by atoms with E-state index in [4.69, 9.17) is 5.73 Å². The first-order valence-electron chi connectivity index (χ1n) is 11.3. The quantitative estimate of drug-likeness (QED) is 0.365. The van der Waals surface area contributed by atoms with Crippen LogP contribution in [0, 0.1) is 5.82 Å². The van der Waals surface area contributed by atoms with E-state index in [0.717, 1.165) is 23.2 Å². The molecule has 8 heteroatoms. The Balaban J connectivity index is 1.60. The van der Waals surface area contributed by atoms with Crippen LogP contribution >= 0.6 is 0 Å². The van der Waals surface area contributed by atoms with E-state index in [0.29, 0.717) is 22.3 Å². The van der Waals surface area contributed by atoms with Crippen LogP contribution in [-0.4, -0.2) is 44.5 Å². The lowest BCUT2D eigenvalue weighted by molar-refractivity contribution is 0.1000. The molecule has 0 spiro atoms. The smallest absolute Gasteiger partial charge is 0.248 e. The van der Waals surface area contributed by atoms with Crippen LogP contribution < -0.4 is 5.73 Å². The lowest BCUT2D eigenvalue weighted by Gasteiger charge is -2.15. The number of carbonyl (C=O) groups excluding carboxylic acids is 1. The summed E-state index contributed by atoms with van der Waals surface area (Å²) in [6, 6.07) is 19.4. The Morgan fingerprint density at radius 3 is 2.58 bits per heavy atom. The molecule has 3 N–H and O–H groups in total. The van der Waals surface area contributed by atoms with Crippen molar-refractivity contribution in [2.45, 2.75) is 6.54 Å². The molecule has 0 aliphatic heterocycles. The predicted molar refractivity (Wildman–Crippen MR) is 137 cm³/mol. The monoisotopic (exact) mass is 481 g/mol. The van der Waals surface area contributed by atoms with E-state index in [1.165, 1.54) is 18.6 Å². The number of imidazole rings is 1. The van der Waals surface area contributed by atoms with Crippen LogP contribution in [0.2, 0.25) is 0 Å². The molecule has 0 aliphatic carbocycles. The Morgan fingerprint density at radius 1 is 1.03 bits per heavy atom. The van der Waals surface area contributed by atoms with Crippen molar-refractivity contribution < 1.29 is 14.3 Å². The average molecular weight is 482 g/mol. The summed E-state index contributed by atoms with van der Waals surface area (Å²) in [5, 5.41) is 11.2. The molecule has 2 aromatic heterocycles. The first kappa shape index (κ1) is 23.2. The normalized spacial score (nSPS) is 11.3. The average Bonchev–Trinajstić information content (AvgIpc) is 3.30. The molecule has 0 radical (unpaired) electrons. The van der Waals surface area contributed by atoms with E-state index in [9.17, 15) is 9.90 Å². The van der Waals surface area contributed by atoms with Gasteiger partial charge in [-0.15, -0.1) is 0 Å². The standard InChI is InChI=1S/C28H24FN5O2/c1-33(2)15-19-6-3-4-9-21(19)17-10-11-22(23(29)13-17)25-27(35)26-24(14-31-25)32-16-34(26)20-8-5-7-18(12-20)28(30)36/h3-14,16,35H,15H2,1-2H3,(H2,30,36). The van der Waals surface area contributed by atoms with E-state index < -0.39 is 11.7 Å². The summed E-state index contributed by atoms with van der Waals surface area (Å²) in [5.41, 5.74) is 10.1. The van der Waals surface area contributed by atoms with E-state index in [2.05, 4.69) is 14.9 Å². The van der Waals surface area contributed by atoms with Crippen molar-refractivity contribution in [1.29, 1.82) is 0 Å². The van der Waals surface area contributed by atoms with Crippen LogP contribution in [0.5, 0.6) is 5.75 Å². The van der Waals surface area contributed by atoms with Gasteiger partial charge in [-0.1, -0.05) is 36.4 Å². The van der Waals surface area contributed by atoms with Gasteiger partial charge in [0.05, 0.1) is 6.20 Å². The lowest BCUT2D eigenvalue weighted by Crippen LogP contribution is -2.11. The Kier molecular flexibility index (Phi) is 5.95. The summed E-state index contributed by atoms with van der Waals surface area (Å²) in [6.45, 7) is 0.722. The maximum absolute atomic E-state index is 15.5. The molecule has 0 atom stereocenters. The first-order chi connectivity index (χ1) is 17.3. The number of aromatic hydroxyl groups is 1. The molecule has 0 saturated heterocycles. The van der Waals surface area contributed by atoms with Crippen molar-refractivity contribution in [3.63, 3.8) is 0 Å². The molecule has 5 aromatic rings. The van der Waals surface area contributed by atoms with Gasteiger partial charge in [-0.05, 0) is 61.1 Å². The number of primary amides is 1. The van der Waals surface area contributed by atoms with Gasteiger partial charge in [0.15, 0.2) is 5.75 Å². The van der Waals surface area contributed by atoms with Crippen LogP contribution in [0.4, 0.5) is 4.39 Å². The fourth-order valence-electron chi connectivity index (χ4n) is 4.35. The lowest BCUT2D eigenvalue weighted by atomic mass is 9.97. The van der Waals surface area contributed by atoms with Crippen molar-refractivity contribution in [2.75, 3.05) is 14.1 Å². The van der Waals surface area contributed by atoms with E-state index in [1.807, 2.05) is 44.4 Å². The van der Waals surface area contributed by atoms with Crippen LogP contribution in [-0.2, 0) is 6.54 Å². The van der Waals surface area contributed by atoms with Gasteiger partial charge in [0.1, 0.15) is 28.9 Å². The maximum atomic E-state index is 15.5. The molecular weight excluding hydrogens is 457 g/mol. The van der Waals surface area contributed by atoms with Gasteiger partial charge in [-0.25, -0.2) is 14.4 Å². The summed E-state index contributed by atoms with van der Waals surface area (Å²) < 4.78 is 17.1. The molecule has 7 nitrogen and oxygen atoms in total. The van der Waals surface area contributed by atoms with Crippen molar-refractivity contribution in [2.24, 2.45) is 5.73 Å². The van der Waals surface area contributed by atoms with Gasteiger partial charge >= 0.3 is 0 Å². The zero-order valence-corrected chi connectivity index (χ0v) is 19.8. The van der Waals surface area contributed by atoms with Crippen molar-refractivity contribution in [3.05, 3.63) is 96.2 Å². The van der Waals surface area contributed by atoms with Crippen LogP contribution in [0.15, 0.2) is 79.3 Å². The Hall–Kier alpha value is -4.56. The van der Waals surface area contributed by atoms with E-state index >= 15 is 4.39 Å². The fourth-order valence-corrected chi connectivity index (χ4v) is 4.35. The Morgan fingerprint density at radius 2 is 1.83 bits per heavy atom. The molecule has 1 amide bonds. The van der Waals surface area contributed by atoms with Gasteiger partial charge in [-0.2, -0.15) is 0 Å². The Bertz CT molecular complexity index is 1610. The van der Waals surface area contributed by atoms with Crippen LogP contribution in [0.3, 0.4) is 0 Å². The van der Waals surface area contributed by atoms with Crippen molar-refractivity contribution in [1.82, 2.24) is 19.4 Å². The number of halogens is 1. The topological polar surface area (TPSA) is 97.3 Å². The third-order valence-corrected chi connectivity index (χ3v) is 6.01. The zero-order valence-electron chi connectivity index (χ0n) is 19.8. The second kappa shape index (κ2) is 9.24. The third kappa shape index (κ3) is 4.18. The minimum absolute atomic E-state index is 0.0981. The summed E-state index contributed by atoms with van der Waals surface area (Å²) in [5.74, 6) is -1.28. The van der Waals surface area contributed by atoms with Gasteiger partial charge in [0, 0.05) is 23.4 Å². The van der Waals surface area contributed by atoms with Crippen molar-refractivity contribution in [3.8, 4) is 33.8 Å². The van der Waals surface area contributed by atoms with Gasteiger partial charge in [0.2, 0.25) is 5.91 Å². The number of pyridine rings is 1. The predicted octanol–water partition coefficient (Wildman–Crippen LogP) is 4.76. The minimum atomic E-state index is -0.567. The Labute approximate surface area is 207 Å². The second-order valence-electron chi connectivity index (χ2n) is 8.81.